The number of hydrogen-bond acceptors (Lipinski definition) is 2. The van der Waals surface area contributed by atoms with E-state index in [1.165, 1.54) is 60.8 Å². The molecule has 9 aromatic carbocycles. The van der Waals surface area contributed by atoms with Crippen molar-refractivity contribution in [2.24, 2.45) is 0 Å². The van der Waals surface area contributed by atoms with Crippen LogP contribution in [-0.2, 0) is 0 Å². The van der Waals surface area contributed by atoms with Gasteiger partial charge in [-0.15, -0.1) is 0 Å². The fourth-order valence-electron chi connectivity index (χ4n) is 9.32. The molecule has 2 heterocycles. The number of aromatic nitrogens is 1. The Morgan fingerprint density at radius 3 is 1.62 bits per heavy atom. The second kappa shape index (κ2) is 14.3. The number of para-hydroxylation sites is 3. The molecular weight excluding hydrogens is 729 g/mol. The molecule has 0 saturated heterocycles. The second-order valence-electron chi connectivity index (χ2n) is 15.9. The van der Waals surface area contributed by atoms with Crippen LogP contribution in [0.4, 0.5) is 17.1 Å². The van der Waals surface area contributed by atoms with Crippen molar-refractivity contribution in [1.82, 2.24) is 4.57 Å². The van der Waals surface area contributed by atoms with E-state index < -0.39 is 0 Å². The third-order valence-corrected chi connectivity index (χ3v) is 12.2. The van der Waals surface area contributed by atoms with E-state index in [-0.39, 0.29) is 0 Å². The number of fused-ring (bicyclic) bond motifs is 6. The maximum Gasteiger partial charge on any atom is 0.145 e. The molecule has 3 nitrogen and oxygen atoms in total. The highest BCUT2D eigenvalue weighted by Gasteiger charge is 2.24. The Hall–Kier alpha value is -7.62. The summed E-state index contributed by atoms with van der Waals surface area (Å²) in [5, 5.41) is 4.69. The molecule has 11 rings (SSSR count). The molecule has 0 bridgehead atoms. The zero-order valence-electron chi connectivity index (χ0n) is 33.9. The average molecular weight is 771 g/mol. The maximum absolute atomic E-state index is 6.92. The molecule has 0 fully saturated rings. The molecule has 3 heteroatoms. The highest BCUT2D eigenvalue weighted by molar-refractivity contribution is 6.17. The highest BCUT2D eigenvalue weighted by Crippen LogP contribution is 2.48. The minimum atomic E-state index is 0.867. The van der Waals surface area contributed by atoms with E-state index >= 15 is 0 Å². The van der Waals surface area contributed by atoms with Gasteiger partial charge in [-0.05, 0) is 132 Å². The van der Waals surface area contributed by atoms with E-state index in [0.29, 0.717) is 0 Å². The first kappa shape index (κ1) is 35.5. The topological polar surface area (TPSA) is 21.3 Å². The van der Waals surface area contributed by atoms with Crippen molar-refractivity contribution in [2.45, 2.75) is 20.8 Å². The van der Waals surface area contributed by atoms with Gasteiger partial charge in [-0.2, -0.15) is 0 Å². The van der Waals surface area contributed by atoms with Crippen LogP contribution < -0.4 is 4.90 Å². The lowest BCUT2D eigenvalue weighted by Crippen LogP contribution is -2.13. The molecule has 0 radical (unpaired) electrons. The number of benzene rings is 9. The molecule has 0 atom stereocenters. The molecule has 0 N–H and O–H groups in total. The quantitative estimate of drug-likeness (QED) is 0.161. The van der Waals surface area contributed by atoms with Crippen LogP contribution in [0.1, 0.15) is 16.7 Å². The van der Waals surface area contributed by atoms with Gasteiger partial charge in [0.05, 0.1) is 22.1 Å². The van der Waals surface area contributed by atoms with Gasteiger partial charge in [-0.25, -0.2) is 0 Å². The van der Waals surface area contributed by atoms with Gasteiger partial charge in [0.15, 0.2) is 0 Å². The molecule has 0 amide bonds. The van der Waals surface area contributed by atoms with Crippen LogP contribution in [0.5, 0.6) is 0 Å². The van der Waals surface area contributed by atoms with Gasteiger partial charge >= 0.3 is 0 Å². The highest BCUT2D eigenvalue weighted by atomic mass is 16.3. The van der Waals surface area contributed by atoms with Gasteiger partial charge in [-0.1, -0.05) is 133 Å². The Bertz CT molecular complexity index is 3340. The van der Waals surface area contributed by atoms with Crippen LogP contribution in [0.15, 0.2) is 205 Å². The summed E-state index contributed by atoms with van der Waals surface area (Å²) in [4.78, 5) is 2.44. The summed E-state index contributed by atoms with van der Waals surface area (Å²) < 4.78 is 9.28. The molecule has 2 aromatic heterocycles. The molecule has 0 spiro atoms. The standard InChI is InChI=1S/C57H42N2O/c1-37-34-44(30-31-45(37)40-16-6-4-7-17-40)59(54-36-38(2)50(35-39(54)3)41-18-8-5-9-19-41)53-33-32-46(57-56(53)49-22-12-15-25-55(49)60-57)42-26-28-43(29-27-42)58-51-23-13-10-20-47(51)48-21-11-14-24-52(48)58/h4-36H,1-3H3. The second-order valence-corrected chi connectivity index (χ2v) is 15.9. The van der Waals surface area contributed by atoms with Crippen LogP contribution in [-0.4, -0.2) is 4.57 Å². The summed E-state index contributed by atoms with van der Waals surface area (Å²) in [6, 6.07) is 72.2. The summed E-state index contributed by atoms with van der Waals surface area (Å²) in [5.74, 6) is 0. The Labute approximate surface area is 350 Å². The number of aryl methyl sites for hydroxylation is 3. The van der Waals surface area contributed by atoms with Crippen LogP contribution in [0.2, 0.25) is 0 Å². The first-order valence-electron chi connectivity index (χ1n) is 20.7. The minimum absolute atomic E-state index is 0.867. The van der Waals surface area contributed by atoms with E-state index in [9.17, 15) is 0 Å². The summed E-state index contributed by atoms with van der Waals surface area (Å²) in [5.41, 5.74) is 19.2. The van der Waals surface area contributed by atoms with Crippen molar-refractivity contribution in [3.63, 3.8) is 0 Å². The van der Waals surface area contributed by atoms with E-state index in [2.05, 4.69) is 230 Å². The summed E-state index contributed by atoms with van der Waals surface area (Å²) in [6.45, 7) is 6.68. The zero-order valence-corrected chi connectivity index (χ0v) is 33.9. The number of furan rings is 1. The van der Waals surface area contributed by atoms with Crippen molar-refractivity contribution < 1.29 is 4.42 Å². The average Bonchev–Trinajstić information content (AvgIpc) is 3.85. The molecular formula is C57H42N2O. The Morgan fingerprint density at radius 1 is 0.400 bits per heavy atom. The summed E-state index contributed by atoms with van der Waals surface area (Å²) in [6.07, 6.45) is 0. The predicted octanol–water partition coefficient (Wildman–Crippen LogP) is 16.1. The van der Waals surface area contributed by atoms with Crippen molar-refractivity contribution in [1.29, 1.82) is 0 Å². The number of anilines is 3. The molecule has 11 aromatic rings. The predicted molar refractivity (Wildman–Crippen MR) is 253 cm³/mol. The molecule has 0 unspecified atom stereocenters. The van der Waals surface area contributed by atoms with Crippen molar-refractivity contribution in [3.8, 4) is 39.1 Å². The lowest BCUT2D eigenvalue weighted by atomic mass is 9.95. The lowest BCUT2D eigenvalue weighted by molar-refractivity contribution is 0.670. The zero-order chi connectivity index (χ0) is 40.3. The minimum Gasteiger partial charge on any atom is -0.455 e. The van der Waals surface area contributed by atoms with Crippen LogP contribution in [0.3, 0.4) is 0 Å². The molecule has 0 aliphatic rings. The van der Waals surface area contributed by atoms with E-state index in [4.69, 9.17) is 4.42 Å². The van der Waals surface area contributed by atoms with E-state index in [1.807, 2.05) is 0 Å². The van der Waals surface area contributed by atoms with Gasteiger partial charge in [0.2, 0.25) is 0 Å². The van der Waals surface area contributed by atoms with Gasteiger partial charge in [0, 0.05) is 38.8 Å². The summed E-state index contributed by atoms with van der Waals surface area (Å²) >= 11 is 0. The van der Waals surface area contributed by atoms with E-state index in [0.717, 1.165) is 55.8 Å². The van der Waals surface area contributed by atoms with Crippen LogP contribution in [0, 0.1) is 20.8 Å². The Kier molecular flexibility index (Phi) is 8.49. The largest absolute Gasteiger partial charge is 0.455 e. The van der Waals surface area contributed by atoms with Crippen LogP contribution >= 0.6 is 0 Å². The van der Waals surface area contributed by atoms with Crippen molar-refractivity contribution >= 4 is 60.8 Å². The smallest absolute Gasteiger partial charge is 0.145 e. The van der Waals surface area contributed by atoms with Crippen LogP contribution in [0.25, 0.3) is 82.8 Å². The van der Waals surface area contributed by atoms with Gasteiger partial charge in [0.1, 0.15) is 11.2 Å². The first-order valence-corrected chi connectivity index (χ1v) is 20.7. The lowest BCUT2D eigenvalue weighted by Gasteiger charge is -2.30. The van der Waals surface area contributed by atoms with Gasteiger partial charge in [0.25, 0.3) is 0 Å². The molecule has 286 valence electrons. The Morgan fingerprint density at radius 2 is 0.950 bits per heavy atom. The molecule has 0 aliphatic heterocycles. The number of rotatable bonds is 7. The third kappa shape index (κ3) is 5.81. The Balaban J connectivity index is 1.11. The first-order chi connectivity index (χ1) is 29.5. The monoisotopic (exact) mass is 770 g/mol. The summed E-state index contributed by atoms with van der Waals surface area (Å²) in [7, 11) is 0. The maximum atomic E-state index is 6.92. The third-order valence-electron chi connectivity index (χ3n) is 12.2. The van der Waals surface area contributed by atoms with Crippen molar-refractivity contribution in [2.75, 3.05) is 4.90 Å². The molecule has 0 saturated carbocycles. The normalized spacial score (nSPS) is 11.6. The fourth-order valence-corrected chi connectivity index (χ4v) is 9.32. The van der Waals surface area contributed by atoms with Gasteiger partial charge in [-0.3, -0.25) is 0 Å². The van der Waals surface area contributed by atoms with Gasteiger partial charge < -0.3 is 13.9 Å². The fraction of sp³-hybridized carbons (Fsp3) is 0.0526. The molecule has 0 aliphatic carbocycles. The number of nitrogens with zero attached hydrogens (tertiary/aromatic N) is 2. The molecule has 60 heavy (non-hydrogen) atoms. The van der Waals surface area contributed by atoms with E-state index in [1.54, 1.807) is 0 Å². The number of hydrogen-bond donors (Lipinski definition) is 0. The SMILES string of the molecule is Cc1cc(N(c2cc(C)c(-c3ccccc3)cc2C)c2ccc(-c3ccc(-n4c5ccccc5c5ccccc54)cc3)c3oc4ccccc4c23)ccc1-c1ccccc1. The van der Waals surface area contributed by atoms with Crippen molar-refractivity contribution in [3.05, 3.63) is 217 Å².